The third-order valence-electron chi connectivity index (χ3n) is 2.52. The third kappa shape index (κ3) is 4.89. The summed E-state index contributed by atoms with van der Waals surface area (Å²) in [5.41, 5.74) is 1.85. The monoisotopic (exact) mass is 316 g/mol. The van der Waals surface area contributed by atoms with Crippen molar-refractivity contribution in [3.8, 4) is 0 Å². The van der Waals surface area contributed by atoms with Crippen LogP contribution in [0.4, 0.5) is 4.39 Å². The fourth-order valence-electron chi connectivity index (χ4n) is 1.38. The Morgan fingerprint density at radius 1 is 1.60 bits per heavy atom. The lowest BCUT2D eigenvalue weighted by Gasteiger charge is -2.20. The van der Waals surface area contributed by atoms with Gasteiger partial charge in [-0.3, -0.25) is 0 Å². The van der Waals surface area contributed by atoms with Gasteiger partial charge < -0.3 is 4.55 Å². The first-order valence-electron chi connectivity index (χ1n) is 6.11. The highest BCUT2D eigenvalue weighted by Gasteiger charge is 2.25. The van der Waals surface area contributed by atoms with Crippen LogP contribution in [0.25, 0.3) is 0 Å². The van der Waals surface area contributed by atoms with Gasteiger partial charge in [-0.25, -0.2) is 14.4 Å². The van der Waals surface area contributed by atoms with E-state index < -0.39 is 27.8 Å². The van der Waals surface area contributed by atoms with E-state index in [4.69, 9.17) is 11.6 Å². The van der Waals surface area contributed by atoms with Crippen LogP contribution in [0.15, 0.2) is 29.9 Å². The summed E-state index contributed by atoms with van der Waals surface area (Å²) in [4.78, 5) is 8.03. The summed E-state index contributed by atoms with van der Waals surface area (Å²) < 4.78 is 24.9. The molecule has 110 valence electrons. The zero-order valence-corrected chi connectivity index (χ0v) is 13.3. The molecular weight excluding hydrogens is 299 g/mol. The molecule has 0 aliphatic rings. The fourth-order valence-corrected chi connectivity index (χ4v) is 2.19. The van der Waals surface area contributed by atoms with Gasteiger partial charge in [-0.2, -0.15) is 0 Å². The van der Waals surface area contributed by atoms with E-state index in [9.17, 15) is 8.94 Å². The molecule has 1 heterocycles. The van der Waals surface area contributed by atoms with Crippen molar-refractivity contribution in [3.05, 3.63) is 41.5 Å². The number of nitrogens with zero attached hydrogens (tertiary/aromatic N) is 2. The maximum Gasteiger partial charge on any atom is 0.204 e. The largest absolute Gasteiger partial charge is 0.610 e. The van der Waals surface area contributed by atoms with Crippen LogP contribution < -0.4 is 0 Å². The summed E-state index contributed by atoms with van der Waals surface area (Å²) >= 11 is 4.74. The number of hydrogen-bond acceptors (Lipinski definition) is 3. The topological polar surface area (TPSA) is 48.3 Å². The van der Waals surface area contributed by atoms with E-state index in [1.54, 1.807) is 6.08 Å². The summed E-state index contributed by atoms with van der Waals surface area (Å²) in [7, 11) is 0. The Balaban J connectivity index is 3.03. The molecule has 0 radical (unpaired) electrons. The zero-order chi connectivity index (χ0) is 15.3. The Morgan fingerprint density at radius 2 is 2.25 bits per heavy atom. The van der Waals surface area contributed by atoms with E-state index in [2.05, 4.69) is 16.6 Å². The van der Waals surface area contributed by atoms with Gasteiger partial charge in [0.05, 0.1) is 12.2 Å². The number of hydrogen-bond donors (Lipinski definition) is 0. The second-order valence-corrected chi connectivity index (χ2v) is 7.63. The lowest BCUT2D eigenvalue weighted by Crippen LogP contribution is -2.28. The molecule has 0 amide bonds. The minimum Gasteiger partial charge on any atom is -0.610 e. The van der Waals surface area contributed by atoms with Crippen molar-refractivity contribution in [3.63, 3.8) is 0 Å². The van der Waals surface area contributed by atoms with Crippen LogP contribution in [0.3, 0.4) is 0 Å². The molecule has 1 unspecified atom stereocenters. The first kappa shape index (κ1) is 17.1. The molecule has 1 aromatic heterocycles. The van der Waals surface area contributed by atoms with Crippen LogP contribution in [0.2, 0.25) is 5.15 Å². The molecule has 3 nitrogen and oxygen atoms in total. The first-order valence-corrected chi connectivity index (χ1v) is 7.70. The maximum absolute atomic E-state index is 13.3. The Bertz CT molecular complexity index is 502. The quantitative estimate of drug-likeness (QED) is 0.270. The smallest absolute Gasteiger partial charge is 0.204 e. The molecule has 1 aromatic rings. The van der Waals surface area contributed by atoms with Gasteiger partial charge in [-0.05, 0) is 33.3 Å². The van der Waals surface area contributed by atoms with Crippen molar-refractivity contribution >= 4 is 28.3 Å². The molecular formula is C14H18ClFN2OS. The standard InChI is InChI=1S/C14H18ClFN2OS/c1-5-6-12(18-9-20(19)14(2,3)4)11-7-10(16)8-17-13(11)15/h5,7-9,12H,1,6H2,2-4H3/b18-9+/t12-,20?/m1/s1. The van der Waals surface area contributed by atoms with Crippen molar-refractivity contribution in [1.82, 2.24) is 4.98 Å². The second-order valence-electron chi connectivity index (χ2n) is 5.24. The molecule has 0 fully saturated rings. The van der Waals surface area contributed by atoms with E-state index in [1.807, 2.05) is 20.8 Å². The van der Waals surface area contributed by atoms with Crippen molar-refractivity contribution in [1.29, 1.82) is 0 Å². The van der Waals surface area contributed by atoms with Gasteiger partial charge in [0.2, 0.25) is 5.55 Å². The van der Waals surface area contributed by atoms with E-state index in [0.717, 1.165) is 6.20 Å². The summed E-state index contributed by atoms with van der Waals surface area (Å²) in [6.45, 7) is 9.21. The minimum absolute atomic E-state index is 0.192. The first-order chi connectivity index (χ1) is 9.25. The molecule has 1 rings (SSSR count). The van der Waals surface area contributed by atoms with E-state index in [1.165, 1.54) is 11.6 Å². The number of aliphatic imine (C=N–C) groups is 1. The summed E-state index contributed by atoms with van der Waals surface area (Å²) in [5, 5.41) is 0.192. The molecule has 0 aromatic carbocycles. The number of halogens is 2. The Kier molecular flexibility index (Phi) is 6.17. The fraction of sp³-hybridized carbons (Fsp3) is 0.429. The average molecular weight is 317 g/mol. The SMILES string of the molecule is C=CC[C@@H](/N=C/[S+]([O-])C(C)(C)C)c1cc(F)cnc1Cl. The second kappa shape index (κ2) is 7.20. The molecule has 2 atom stereocenters. The maximum atomic E-state index is 13.3. The van der Waals surface area contributed by atoms with Crippen LogP contribution in [-0.2, 0) is 11.2 Å². The molecule has 0 saturated carbocycles. The molecule has 20 heavy (non-hydrogen) atoms. The van der Waals surface area contributed by atoms with Gasteiger partial charge in [0.1, 0.15) is 15.7 Å². The molecule has 0 spiro atoms. The van der Waals surface area contributed by atoms with Gasteiger partial charge in [0.15, 0.2) is 0 Å². The van der Waals surface area contributed by atoms with Gasteiger partial charge in [0.25, 0.3) is 0 Å². The third-order valence-corrected chi connectivity index (χ3v) is 4.36. The van der Waals surface area contributed by atoms with Crippen LogP contribution in [0, 0.1) is 5.82 Å². The number of pyridine rings is 1. The van der Waals surface area contributed by atoms with Gasteiger partial charge >= 0.3 is 0 Å². The van der Waals surface area contributed by atoms with Crippen LogP contribution in [0.1, 0.15) is 38.8 Å². The minimum atomic E-state index is -1.23. The van der Waals surface area contributed by atoms with Gasteiger partial charge in [0, 0.05) is 16.7 Å². The summed E-state index contributed by atoms with van der Waals surface area (Å²) in [6, 6.07) is 0.857. The van der Waals surface area contributed by atoms with Gasteiger partial charge in [-0.1, -0.05) is 17.7 Å². The molecule has 0 N–H and O–H groups in total. The highest BCUT2D eigenvalue weighted by molar-refractivity contribution is 8.05. The molecule has 0 aliphatic heterocycles. The average Bonchev–Trinajstić information content (AvgIpc) is 2.36. The predicted molar refractivity (Wildman–Crippen MR) is 83.1 cm³/mol. The Morgan fingerprint density at radius 3 is 2.80 bits per heavy atom. The predicted octanol–water partition coefficient (Wildman–Crippen LogP) is 4.07. The van der Waals surface area contributed by atoms with Crippen molar-refractivity contribution in [2.24, 2.45) is 4.99 Å². The van der Waals surface area contributed by atoms with E-state index in [0.29, 0.717) is 12.0 Å². The van der Waals surface area contributed by atoms with E-state index in [-0.39, 0.29) is 5.15 Å². The molecule has 0 saturated heterocycles. The highest BCUT2D eigenvalue weighted by atomic mass is 35.5. The normalized spacial score (nSPS) is 15.3. The number of rotatable bonds is 5. The highest BCUT2D eigenvalue weighted by Crippen LogP contribution is 2.28. The molecule has 0 aliphatic carbocycles. The van der Waals surface area contributed by atoms with Crippen molar-refractivity contribution in [2.45, 2.75) is 38.0 Å². The lowest BCUT2D eigenvalue weighted by atomic mass is 10.1. The molecule has 0 bridgehead atoms. The summed E-state index contributed by atoms with van der Waals surface area (Å²) in [5.74, 6) is -0.481. The van der Waals surface area contributed by atoms with Crippen LogP contribution in [0.5, 0.6) is 0 Å². The Labute approximate surface area is 127 Å². The molecule has 6 heteroatoms. The number of aromatic nitrogens is 1. The Hall–Kier alpha value is -0.910. The van der Waals surface area contributed by atoms with Gasteiger partial charge in [-0.15, -0.1) is 6.58 Å². The van der Waals surface area contributed by atoms with Crippen LogP contribution in [-0.4, -0.2) is 19.8 Å². The zero-order valence-electron chi connectivity index (χ0n) is 11.8. The lowest BCUT2D eigenvalue weighted by molar-refractivity contribution is 0.572. The summed E-state index contributed by atoms with van der Waals surface area (Å²) in [6.07, 6.45) is 3.17. The van der Waals surface area contributed by atoms with E-state index >= 15 is 0 Å². The van der Waals surface area contributed by atoms with Crippen molar-refractivity contribution in [2.75, 3.05) is 0 Å². The van der Waals surface area contributed by atoms with Crippen LogP contribution >= 0.6 is 11.6 Å². The van der Waals surface area contributed by atoms with Crippen molar-refractivity contribution < 1.29 is 8.94 Å².